The highest BCUT2D eigenvalue weighted by molar-refractivity contribution is 7.99. The van der Waals surface area contributed by atoms with E-state index in [0.29, 0.717) is 33.9 Å². The quantitative estimate of drug-likeness (QED) is 0.528. The molecule has 2 rings (SSSR count). The van der Waals surface area contributed by atoms with Gasteiger partial charge in [-0.25, -0.2) is 0 Å². The summed E-state index contributed by atoms with van der Waals surface area (Å²) < 4.78 is 0. The SMILES string of the molecule is CCNC(=O)[C@H](C)N(Cc1cccc(Cl)c1)C(=O)CSCc1ccc(Cl)c(Cl)c1. The van der Waals surface area contributed by atoms with Gasteiger partial charge in [0.05, 0.1) is 15.8 Å². The number of nitrogens with zero attached hydrogens (tertiary/aromatic N) is 1. The molecule has 0 saturated carbocycles. The van der Waals surface area contributed by atoms with Crippen LogP contribution in [-0.4, -0.2) is 35.1 Å². The Kier molecular flexibility index (Phi) is 9.63. The molecule has 2 amide bonds. The first kappa shape index (κ1) is 23.9. The summed E-state index contributed by atoms with van der Waals surface area (Å²) in [6.07, 6.45) is 0. The average molecular weight is 474 g/mol. The number of likely N-dealkylation sites (N-methyl/N-ethyl adjacent to an activating group) is 1. The van der Waals surface area contributed by atoms with E-state index in [1.165, 1.54) is 11.8 Å². The minimum absolute atomic E-state index is 0.117. The fourth-order valence-electron chi connectivity index (χ4n) is 2.71. The molecular formula is C21H23Cl3N2O2S. The average Bonchev–Trinajstić information content (AvgIpc) is 2.68. The fraction of sp³-hybridized carbons (Fsp3) is 0.333. The molecule has 0 aliphatic carbocycles. The third-order valence-corrected chi connectivity index (χ3v) is 6.20. The van der Waals surface area contributed by atoms with E-state index in [9.17, 15) is 9.59 Å². The van der Waals surface area contributed by atoms with E-state index >= 15 is 0 Å². The Morgan fingerprint density at radius 3 is 2.48 bits per heavy atom. The molecule has 0 radical (unpaired) electrons. The zero-order chi connectivity index (χ0) is 21.4. The molecule has 0 saturated heterocycles. The lowest BCUT2D eigenvalue weighted by molar-refractivity contribution is -0.138. The maximum absolute atomic E-state index is 12.9. The van der Waals surface area contributed by atoms with Gasteiger partial charge in [-0.15, -0.1) is 11.8 Å². The Hall–Kier alpha value is -1.40. The van der Waals surface area contributed by atoms with Crippen molar-refractivity contribution in [3.05, 3.63) is 68.7 Å². The summed E-state index contributed by atoms with van der Waals surface area (Å²) in [6, 6.07) is 12.1. The van der Waals surface area contributed by atoms with Crippen molar-refractivity contribution in [3.8, 4) is 0 Å². The van der Waals surface area contributed by atoms with Gasteiger partial charge in [-0.1, -0.05) is 53.0 Å². The second-order valence-electron chi connectivity index (χ2n) is 6.46. The minimum Gasteiger partial charge on any atom is -0.355 e. The molecule has 0 unspecified atom stereocenters. The normalized spacial score (nSPS) is 11.8. The summed E-state index contributed by atoms with van der Waals surface area (Å²) in [5, 5.41) is 4.36. The highest BCUT2D eigenvalue weighted by atomic mass is 35.5. The molecule has 0 heterocycles. The molecule has 1 atom stereocenters. The number of hydrogen-bond donors (Lipinski definition) is 1. The third kappa shape index (κ3) is 7.41. The van der Waals surface area contributed by atoms with Gasteiger partial charge < -0.3 is 10.2 Å². The van der Waals surface area contributed by atoms with E-state index in [-0.39, 0.29) is 17.6 Å². The zero-order valence-corrected chi connectivity index (χ0v) is 19.3. The second-order valence-corrected chi connectivity index (χ2v) is 8.70. The lowest BCUT2D eigenvalue weighted by Gasteiger charge is -2.28. The molecule has 0 aliphatic rings. The smallest absolute Gasteiger partial charge is 0.242 e. The molecule has 4 nitrogen and oxygen atoms in total. The molecule has 0 spiro atoms. The van der Waals surface area contributed by atoms with Crippen molar-refractivity contribution in [3.63, 3.8) is 0 Å². The van der Waals surface area contributed by atoms with Crippen molar-refractivity contribution in [2.24, 2.45) is 0 Å². The molecule has 2 aromatic carbocycles. The van der Waals surface area contributed by atoms with Gasteiger partial charge in [0.1, 0.15) is 6.04 Å². The number of carbonyl (C=O) groups excluding carboxylic acids is 2. The van der Waals surface area contributed by atoms with Gasteiger partial charge in [0.25, 0.3) is 0 Å². The van der Waals surface area contributed by atoms with Crippen LogP contribution in [0.25, 0.3) is 0 Å². The zero-order valence-electron chi connectivity index (χ0n) is 16.3. The monoisotopic (exact) mass is 472 g/mol. The lowest BCUT2D eigenvalue weighted by atomic mass is 10.1. The second kappa shape index (κ2) is 11.7. The highest BCUT2D eigenvalue weighted by Gasteiger charge is 2.25. The van der Waals surface area contributed by atoms with Crippen LogP contribution in [0.2, 0.25) is 15.1 Å². The highest BCUT2D eigenvalue weighted by Crippen LogP contribution is 2.25. The summed E-state index contributed by atoms with van der Waals surface area (Å²) in [6.45, 7) is 4.40. The van der Waals surface area contributed by atoms with Crippen molar-refractivity contribution in [2.45, 2.75) is 32.2 Å². The molecule has 2 aromatic rings. The van der Waals surface area contributed by atoms with Crippen LogP contribution in [0.3, 0.4) is 0 Å². The number of amides is 2. The van der Waals surface area contributed by atoms with Crippen molar-refractivity contribution >= 4 is 58.4 Å². The first-order valence-electron chi connectivity index (χ1n) is 9.15. The lowest BCUT2D eigenvalue weighted by Crippen LogP contribution is -2.48. The molecule has 29 heavy (non-hydrogen) atoms. The molecule has 0 fully saturated rings. The molecule has 156 valence electrons. The number of rotatable bonds is 9. The maximum atomic E-state index is 12.9. The summed E-state index contributed by atoms with van der Waals surface area (Å²) in [7, 11) is 0. The van der Waals surface area contributed by atoms with Crippen LogP contribution in [-0.2, 0) is 21.9 Å². The topological polar surface area (TPSA) is 49.4 Å². The van der Waals surface area contributed by atoms with Gasteiger partial charge in [-0.3, -0.25) is 9.59 Å². The molecule has 1 N–H and O–H groups in total. The molecule has 0 bridgehead atoms. The summed E-state index contributed by atoms with van der Waals surface area (Å²) in [5.41, 5.74) is 1.85. The maximum Gasteiger partial charge on any atom is 0.242 e. The van der Waals surface area contributed by atoms with Crippen molar-refractivity contribution in [1.29, 1.82) is 0 Å². The fourth-order valence-corrected chi connectivity index (χ4v) is 4.10. The predicted octanol–water partition coefficient (Wildman–Crippen LogP) is 5.43. The Morgan fingerprint density at radius 2 is 1.83 bits per heavy atom. The van der Waals surface area contributed by atoms with Crippen LogP contribution in [0.4, 0.5) is 0 Å². The first-order valence-corrected chi connectivity index (χ1v) is 11.4. The van der Waals surface area contributed by atoms with Crippen molar-refractivity contribution in [2.75, 3.05) is 12.3 Å². The predicted molar refractivity (Wildman–Crippen MR) is 123 cm³/mol. The Balaban J connectivity index is 2.06. The van der Waals surface area contributed by atoms with Gasteiger partial charge >= 0.3 is 0 Å². The van der Waals surface area contributed by atoms with Gasteiger partial charge in [0, 0.05) is 23.9 Å². The number of nitrogens with one attached hydrogen (secondary N) is 1. The summed E-state index contributed by atoms with van der Waals surface area (Å²) in [4.78, 5) is 26.9. The molecule has 0 aromatic heterocycles. The number of hydrogen-bond acceptors (Lipinski definition) is 3. The molecule has 8 heteroatoms. The number of halogens is 3. The van der Waals surface area contributed by atoms with Gasteiger partial charge in [-0.05, 0) is 49.2 Å². The van der Waals surface area contributed by atoms with E-state index in [2.05, 4.69) is 5.32 Å². The van der Waals surface area contributed by atoms with Crippen LogP contribution in [0, 0.1) is 0 Å². The Labute approximate surface area is 190 Å². The van der Waals surface area contributed by atoms with E-state index in [1.54, 1.807) is 36.1 Å². The standard InChI is InChI=1S/C21H23Cl3N2O2S/c1-3-25-21(28)14(2)26(11-15-5-4-6-17(22)9-15)20(27)13-29-12-16-7-8-18(23)19(24)10-16/h4-10,14H,3,11-13H2,1-2H3,(H,25,28)/t14-/m0/s1. The number of carbonyl (C=O) groups is 2. The molecule has 0 aliphatic heterocycles. The minimum atomic E-state index is -0.591. The van der Waals surface area contributed by atoms with Crippen LogP contribution in [0.1, 0.15) is 25.0 Å². The van der Waals surface area contributed by atoms with Crippen molar-refractivity contribution in [1.82, 2.24) is 10.2 Å². The van der Waals surface area contributed by atoms with Crippen LogP contribution in [0.15, 0.2) is 42.5 Å². The van der Waals surface area contributed by atoms with Crippen molar-refractivity contribution < 1.29 is 9.59 Å². The summed E-state index contributed by atoms with van der Waals surface area (Å²) in [5.74, 6) is 0.555. The van der Waals surface area contributed by atoms with E-state index in [4.69, 9.17) is 34.8 Å². The summed E-state index contributed by atoms with van der Waals surface area (Å²) >= 11 is 19.5. The van der Waals surface area contributed by atoms with E-state index in [0.717, 1.165) is 11.1 Å². The largest absolute Gasteiger partial charge is 0.355 e. The van der Waals surface area contributed by atoms with Crippen LogP contribution >= 0.6 is 46.6 Å². The van der Waals surface area contributed by atoms with Gasteiger partial charge in [0.15, 0.2) is 0 Å². The van der Waals surface area contributed by atoms with E-state index in [1.807, 2.05) is 25.1 Å². The van der Waals surface area contributed by atoms with E-state index < -0.39 is 6.04 Å². The third-order valence-electron chi connectivity index (χ3n) is 4.24. The Morgan fingerprint density at radius 1 is 1.07 bits per heavy atom. The van der Waals surface area contributed by atoms with Gasteiger partial charge in [-0.2, -0.15) is 0 Å². The Bertz CT molecular complexity index is 864. The van der Waals surface area contributed by atoms with Gasteiger partial charge in [0.2, 0.25) is 11.8 Å². The number of benzene rings is 2. The van der Waals surface area contributed by atoms with Crippen LogP contribution in [0.5, 0.6) is 0 Å². The molecular weight excluding hydrogens is 451 g/mol. The van der Waals surface area contributed by atoms with Crippen LogP contribution < -0.4 is 5.32 Å². The number of thioether (sulfide) groups is 1. The first-order chi connectivity index (χ1) is 13.8.